The van der Waals surface area contributed by atoms with Crippen LogP contribution in [-0.2, 0) is 4.79 Å². The summed E-state index contributed by atoms with van der Waals surface area (Å²) in [4.78, 5) is 14.6. The maximum atomic E-state index is 13.3. The zero-order valence-corrected chi connectivity index (χ0v) is 15.7. The quantitative estimate of drug-likeness (QED) is 0.512. The van der Waals surface area contributed by atoms with Gasteiger partial charge in [0.05, 0.1) is 22.2 Å². The molecule has 7 heteroatoms. The molecule has 0 spiro atoms. The summed E-state index contributed by atoms with van der Waals surface area (Å²) in [5, 5.41) is 0. The third-order valence-corrected chi connectivity index (χ3v) is 5.28. The number of carbonyl (C=O) groups excluding carboxylic acids is 1. The molecule has 1 fully saturated rings. The molecule has 3 rings (SSSR count). The highest BCUT2D eigenvalue weighted by Gasteiger charge is 2.33. The third-order valence-electron chi connectivity index (χ3n) is 3.37. The van der Waals surface area contributed by atoms with Crippen LogP contribution in [-0.4, -0.2) is 17.3 Å². The van der Waals surface area contributed by atoms with Crippen molar-refractivity contribution in [3.8, 4) is 5.75 Å². The lowest BCUT2D eigenvalue weighted by molar-refractivity contribution is -0.113. The van der Waals surface area contributed by atoms with E-state index in [1.165, 1.54) is 22.7 Å². The Kier molecular flexibility index (Phi) is 5.03. The van der Waals surface area contributed by atoms with Crippen LogP contribution in [0.15, 0.2) is 51.8 Å². The fourth-order valence-electron chi connectivity index (χ4n) is 2.18. The van der Waals surface area contributed by atoms with Crippen LogP contribution in [0.4, 0.5) is 10.1 Å². The summed E-state index contributed by atoms with van der Waals surface area (Å²) in [5.74, 6) is 0.157. The van der Waals surface area contributed by atoms with E-state index in [1.54, 1.807) is 49.6 Å². The van der Waals surface area contributed by atoms with Gasteiger partial charge in [0.2, 0.25) is 0 Å². The Labute approximate surface area is 156 Å². The van der Waals surface area contributed by atoms with Crippen molar-refractivity contribution in [1.29, 1.82) is 0 Å². The average molecular weight is 424 g/mol. The monoisotopic (exact) mass is 423 g/mol. The fraction of sp³-hybridized carbons (Fsp3) is 0.0588. The van der Waals surface area contributed by atoms with E-state index in [2.05, 4.69) is 15.9 Å². The number of anilines is 1. The summed E-state index contributed by atoms with van der Waals surface area (Å²) < 4.78 is 19.2. The molecule has 0 atom stereocenters. The number of nitrogens with zero attached hydrogens (tertiary/aromatic N) is 1. The van der Waals surface area contributed by atoms with Gasteiger partial charge in [-0.1, -0.05) is 30.0 Å². The fourth-order valence-corrected chi connectivity index (χ4v) is 3.87. The van der Waals surface area contributed by atoms with Crippen molar-refractivity contribution in [1.82, 2.24) is 0 Å². The van der Waals surface area contributed by atoms with Crippen LogP contribution in [0.25, 0.3) is 6.08 Å². The zero-order valence-electron chi connectivity index (χ0n) is 12.5. The van der Waals surface area contributed by atoms with Crippen LogP contribution in [0.3, 0.4) is 0 Å². The van der Waals surface area contributed by atoms with Crippen molar-refractivity contribution in [2.45, 2.75) is 0 Å². The van der Waals surface area contributed by atoms with E-state index >= 15 is 0 Å². The van der Waals surface area contributed by atoms with E-state index in [1.807, 2.05) is 0 Å². The van der Waals surface area contributed by atoms with Crippen LogP contribution in [0.1, 0.15) is 5.56 Å². The smallest absolute Gasteiger partial charge is 0.270 e. The SMILES string of the molecule is COc1ccc(N2C(=O)/C(=C\c3ccc(F)c(Br)c3)SC2=S)cc1. The second kappa shape index (κ2) is 7.04. The number of methoxy groups -OCH3 is 1. The lowest BCUT2D eigenvalue weighted by Gasteiger charge is -2.14. The number of amides is 1. The molecule has 0 aromatic heterocycles. The molecule has 0 aliphatic carbocycles. The van der Waals surface area contributed by atoms with E-state index in [9.17, 15) is 9.18 Å². The molecule has 2 aromatic rings. The largest absolute Gasteiger partial charge is 0.497 e. The molecule has 1 aliphatic heterocycles. The number of ether oxygens (including phenoxy) is 1. The molecule has 2 aromatic carbocycles. The van der Waals surface area contributed by atoms with Crippen LogP contribution in [0.5, 0.6) is 5.75 Å². The molecule has 0 bridgehead atoms. The molecule has 1 heterocycles. The summed E-state index contributed by atoms with van der Waals surface area (Å²) in [5.41, 5.74) is 1.40. The molecule has 0 radical (unpaired) electrons. The summed E-state index contributed by atoms with van der Waals surface area (Å²) >= 11 is 9.69. The first kappa shape index (κ1) is 17.1. The molecule has 1 aliphatic rings. The number of thioether (sulfide) groups is 1. The lowest BCUT2D eigenvalue weighted by Crippen LogP contribution is -2.27. The van der Waals surface area contributed by atoms with Gasteiger partial charge in [-0.15, -0.1) is 0 Å². The molecule has 0 unspecified atom stereocenters. The highest BCUT2D eigenvalue weighted by molar-refractivity contribution is 9.10. The van der Waals surface area contributed by atoms with E-state index in [0.717, 1.165) is 5.56 Å². The predicted molar refractivity (Wildman–Crippen MR) is 103 cm³/mol. The van der Waals surface area contributed by atoms with Gasteiger partial charge in [0.15, 0.2) is 4.32 Å². The lowest BCUT2D eigenvalue weighted by atomic mass is 10.2. The van der Waals surface area contributed by atoms with Gasteiger partial charge in [-0.3, -0.25) is 9.69 Å². The number of carbonyl (C=O) groups is 1. The predicted octanol–water partition coefficient (Wildman–Crippen LogP) is 5.00. The second-order valence-corrected chi connectivity index (χ2v) is 7.42. The van der Waals surface area contributed by atoms with Crippen molar-refractivity contribution in [3.63, 3.8) is 0 Å². The normalized spacial score (nSPS) is 16.1. The Hall–Kier alpha value is -1.70. The van der Waals surface area contributed by atoms with E-state index < -0.39 is 0 Å². The Morgan fingerprint density at radius 1 is 1.25 bits per heavy atom. The van der Waals surface area contributed by atoms with Crippen LogP contribution >= 0.6 is 39.9 Å². The van der Waals surface area contributed by atoms with Gasteiger partial charge in [0, 0.05) is 0 Å². The first-order valence-electron chi connectivity index (χ1n) is 6.86. The standard InChI is InChI=1S/C17H11BrFNO2S2/c1-22-12-5-3-11(4-6-12)20-16(21)15(24-17(20)23)9-10-2-7-14(19)13(18)8-10/h2-9H,1H3/b15-9+. The Morgan fingerprint density at radius 3 is 2.58 bits per heavy atom. The van der Waals surface area contributed by atoms with Crippen molar-refractivity contribution >= 4 is 61.9 Å². The number of benzene rings is 2. The molecular weight excluding hydrogens is 413 g/mol. The van der Waals surface area contributed by atoms with E-state index in [4.69, 9.17) is 17.0 Å². The molecule has 122 valence electrons. The van der Waals surface area contributed by atoms with Gasteiger partial charge in [0.1, 0.15) is 11.6 Å². The Bertz CT molecular complexity index is 852. The summed E-state index contributed by atoms with van der Waals surface area (Å²) in [6, 6.07) is 11.7. The number of rotatable bonds is 3. The van der Waals surface area contributed by atoms with Gasteiger partial charge < -0.3 is 4.74 Å². The van der Waals surface area contributed by atoms with Gasteiger partial charge in [-0.05, 0) is 64.0 Å². The summed E-state index contributed by atoms with van der Waals surface area (Å²) in [6.45, 7) is 0. The van der Waals surface area contributed by atoms with E-state index in [0.29, 0.717) is 25.1 Å². The maximum absolute atomic E-state index is 13.3. The highest BCUT2D eigenvalue weighted by Crippen LogP contribution is 2.36. The maximum Gasteiger partial charge on any atom is 0.270 e. The van der Waals surface area contributed by atoms with Crippen LogP contribution < -0.4 is 9.64 Å². The average Bonchev–Trinajstić information content (AvgIpc) is 2.85. The molecule has 24 heavy (non-hydrogen) atoms. The Balaban J connectivity index is 1.90. The highest BCUT2D eigenvalue weighted by atomic mass is 79.9. The first-order chi connectivity index (χ1) is 11.5. The summed E-state index contributed by atoms with van der Waals surface area (Å²) in [6.07, 6.45) is 1.70. The topological polar surface area (TPSA) is 29.5 Å². The molecule has 1 amide bonds. The van der Waals surface area contributed by atoms with Gasteiger partial charge in [0.25, 0.3) is 5.91 Å². The van der Waals surface area contributed by atoms with Crippen molar-refractivity contribution in [2.75, 3.05) is 12.0 Å². The number of hydrogen-bond acceptors (Lipinski definition) is 4. The van der Waals surface area contributed by atoms with Crippen LogP contribution in [0, 0.1) is 5.82 Å². The molecule has 3 nitrogen and oxygen atoms in total. The van der Waals surface area contributed by atoms with Gasteiger partial charge in [-0.25, -0.2) is 4.39 Å². The van der Waals surface area contributed by atoms with E-state index in [-0.39, 0.29) is 11.7 Å². The number of thiocarbonyl (C=S) groups is 1. The molecule has 1 saturated heterocycles. The third kappa shape index (κ3) is 3.38. The van der Waals surface area contributed by atoms with Gasteiger partial charge >= 0.3 is 0 Å². The minimum absolute atomic E-state index is 0.199. The second-order valence-electron chi connectivity index (χ2n) is 4.89. The van der Waals surface area contributed by atoms with Crippen LogP contribution in [0.2, 0.25) is 0 Å². The summed E-state index contributed by atoms with van der Waals surface area (Å²) in [7, 11) is 1.58. The Morgan fingerprint density at radius 2 is 1.96 bits per heavy atom. The molecule has 0 saturated carbocycles. The first-order valence-corrected chi connectivity index (χ1v) is 8.88. The van der Waals surface area contributed by atoms with Crippen molar-refractivity contribution in [3.05, 3.63) is 63.2 Å². The van der Waals surface area contributed by atoms with Crippen molar-refractivity contribution in [2.24, 2.45) is 0 Å². The zero-order chi connectivity index (χ0) is 17.3. The van der Waals surface area contributed by atoms with Gasteiger partial charge in [-0.2, -0.15) is 0 Å². The minimum atomic E-state index is -0.349. The number of hydrogen-bond donors (Lipinski definition) is 0. The molecular formula is C17H11BrFNO2S2. The minimum Gasteiger partial charge on any atom is -0.497 e. The number of halogens is 2. The molecule has 0 N–H and O–H groups in total. The van der Waals surface area contributed by atoms with Crippen molar-refractivity contribution < 1.29 is 13.9 Å².